The molecule has 10 nitrogen and oxygen atoms in total. The molecule has 0 bridgehead atoms. The van der Waals surface area contributed by atoms with Crippen molar-refractivity contribution in [1.29, 1.82) is 0 Å². The summed E-state index contributed by atoms with van der Waals surface area (Å²) >= 11 is 0. The average Bonchev–Trinajstić information content (AvgIpc) is 4.14. The third-order valence-corrected chi connectivity index (χ3v) is 15.0. The number of hydrogen-bond donors (Lipinski definition) is 0. The van der Waals surface area contributed by atoms with E-state index in [4.69, 9.17) is 47.4 Å². The van der Waals surface area contributed by atoms with E-state index in [0.717, 1.165) is 75.8 Å². The molecule has 0 aromatic carbocycles. The van der Waals surface area contributed by atoms with E-state index in [9.17, 15) is 0 Å². The summed E-state index contributed by atoms with van der Waals surface area (Å²) < 4.78 is 58.8. The van der Waals surface area contributed by atoms with Gasteiger partial charge in [-0.15, -0.1) is 0 Å². The SMILES string of the molecule is CC(OCCOCCOCCOC(C)OC1CCC(C(C)(C)C2CCC(OCC3CO3)CC2)CC1)OC1CCC(C(C)(C)C2CCC(OCC3CO3)CC2)CC1. The van der Waals surface area contributed by atoms with E-state index < -0.39 is 0 Å². The molecule has 0 N–H and O–H groups in total. The summed E-state index contributed by atoms with van der Waals surface area (Å²) in [5, 5.41) is 0. The van der Waals surface area contributed by atoms with Gasteiger partial charge >= 0.3 is 0 Å². The maximum Gasteiger partial charge on any atom is 0.155 e. The van der Waals surface area contributed by atoms with E-state index in [-0.39, 0.29) is 24.8 Å². The van der Waals surface area contributed by atoms with Crippen molar-refractivity contribution in [2.24, 2.45) is 34.5 Å². The molecule has 4 atom stereocenters. The molecule has 0 amide bonds. The van der Waals surface area contributed by atoms with Crippen molar-refractivity contribution in [3.63, 3.8) is 0 Å². The molecule has 4 aliphatic carbocycles. The van der Waals surface area contributed by atoms with Gasteiger partial charge in [-0.2, -0.15) is 0 Å². The van der Waals surface area contributed by atoms with Crippen LogP contribution in [0.5, 0.6) is 0 Å². The van der Waals surface area contributed by atoms with Crippen molar-refractivity contribution in [3.05, 3.63) is 0 Å². The Balaban J connectivity index is 0.711. The average molecular weight is 795 g/mol. The van der Waals surface area contributed by atoms with Gasteiger partial charge in [0, 0.05) is 0 Å². The molecule has 0 aromatic rings. The molecule has 2 saturated heterocycles. The monoisotopic (exact) mass is 795 g/mol. The second kappa shape index (κ2) is 22.4. The van der Waals surface area contributed by atoms with E-state index in [2.05, 4.69) is 27.7 Å². The molecule has 4 saturated carbocycles. The first-order valence-corrected chi connectivity index (χ1v) is 23.2. The van der Waals surface area contributed by atoms with Crippen molar-refractivity contribution >= 4 is 0 Å². The van der Waals surface area contributed by atoms with Crippen LogP contribution in [0, 0.1) is 34.5 Å². The van der Waals surface area contributed by atoms with Crippen LogP contribution in [0.15, 0.2) is 0 Å². The molecule has 6 fully saturated rings. The Hall–Kier alpha value is -0.400. The lowest BCUT2D eigenvalue weighted by molar-refractivity contribution is -0.179. The largest absolute Gasteiger partial charge is 0.377 e. The van der Waals surface area contributed by atoms with E-state index in [1.165, 1.54) is 77.0 Å². The summed E-state index contributed by atoms with van der Waals surface area (Å²) in [7, 11) is 0. The summed E-state index contributed by atoms with van der Waals surface area (Å²) in [6.07, 6.45) is 21.2. The fourth-order valence-electron chi connectivity index (χ4n) is 10.8. The van der Waals surface area contributed by atoms with E-state index >= 15 is 0 Å². The second-order valence-corrected chi connectivity index (χ2v) is 19.5. The second-order valence-electron chi connectivity index (χ2n) is 19.5. The summed E-state index contributed by atoms with van der Waals surface area (Å²) in [4.78, 5) is 0. The maximum atomic E-state index is 6.30. The lowest BCUT2D eigenvalue weighted by Gasteiger charge is -2.46. The van der Waals surface area contributed by atoms with Crippen molar-refractivity contribution in [3.8, 4) is 0 Å². The minimum absolute atomic E-state index is 0.215. The van der Waals surface area contributed by atoms with Crippen LogP contribution in [0.1, 0.15) is 144 Å². The fourth-order valence-corrected chi connectivity index (χ4v) is 10.8. The smallest absolute Gasteiger partial charge is 0.155 e. The lowest BCUT2D eigenvalue weighted by Crippen LogP contribution is -2.39. The highest BCUT2D eigenvalue weighted by atomic mass is 16.7. The predicted octanol–water partition coefficient (Wildman–Crippen LogP) is 8.90. The Kier molecular flexibility index (Phi) is 18.1. The number of ether oxygens (including phenoxy) is 10. The van der Waals surface area contributed by atoms with E-state index in [1.807, 2.05) is 13.8 Å². The molecular weight excluding hydrogens is 712 g/mol. The number of epoxide rings is 2. The highest BCUT2D eigenvalue weighted by molar-refractivity contribution is 4.93. The van der Waals surface area contributed by atoms with Crippen molar-refractivity contribution in [2.45, 2.75) is 193 Å². The molecule has 4 unspecified atom stereocenters. The minimum Gasteiger partial charge on any atom is -0.377 e. The third-order valence-electron chi connectivity index (χ3n) is 15.0. The van der Waals surface area contributed by atoms with Crippen LogP contribution in [-0.4, -0.2) is 115 Å². The van der Waals surface area contributed by atoms with Gasteiger partial charge in [0.15, 0.2) is 12.6 Å². The number of hydrogen-bond acceptors (Lipinski definition) is 10. The number of rotatable bonds is 25. The van der Waals surface area contributed by atoms with Gasteiger partial charge in [-0.1, -0.05) is 27.7 Å². The summed E-state index contributed by atoms with van der Waals surface area (Å²) in [6, 6.07) is 0. The van der Waals surface area contributed by atoms with Crippen molar-refractivity contribution < 1.29 is 47.4 Å². The first-order chi connectivity index (χ1) is 27.1. The Morgan fingerprint density at radius 3 is 1.02 bits per heavy atom. The normalized spacial score (nSPS) is 35.2. The van der Waals surface area contributed by atoms with Gasteiger partial charge in [0.2, 0.25) is 0 Å². The molecule has 326 valence electrons. The van der Waals surface area contributed by atoms with Crippen molar-refractivity contribution in [2.75, 3.05) is 66.1 Å². The molecule has 56 heavy (non-hydrogen) atoms. The highest BCUT2D eigenvalue weighted by Crippen LogP contribution is 2.50. The van der Waals surface area contributed by atoms with E-state index in [0.29, 0.717) is 74.9 Å². The third kappa shape index (κ3) is 14.7. The van der Waals surface area contributed by atoms with Crippen LogP contribution in [-0.2, 0) is 47.4 Å². The molecule has 10 heteroatoms. The van der Waals surface area contributed by atoms with Gasteiger partial charge in [-0.25, -0.2) is 0 Å². The minimum atomic E-state index is -0.215. The Morgan fingerprint density at radius 2 is 0.714 bits per heavy atom. The molecule has 0 radical (unpaired) electrons. The van der Waals surface area contributed by atoms with Crippen molar-refractivity contribution in [1.82, 2.24) is 0 Å². The Morgan fingerprint density at radius 1 is 0.429 bits per heavy atom. The molecule has 2 aliphatic heterocycles. The van der Waals surface area contributed by atoms with Crippen LogP contribution in [0.2, 0.25) is 0 Å². The van der Waals surface area contributed by atoms with Gasteiger partial charge in [0.25, 0.3) is 0 Å². The van der Waals surface area contributed by atoms with Crippen LogP contribution < -0.4 is 0 Å². The van der Waals surface area contributed by atoms with Crippen LogP contribution in [0.3, 0.4) is 0 Å². The quantitative estimate of drug-likeness (QED) is 0.0507. The van der Waals surface area contributed by atoms with Gasteiger partial charge in [-0.3, -0.25) is 0 Å². The first kappa shape index (κ1) is 45.1. The zero-order valence-corrected chi connectivity index (χ0v) is 36.4. The predicted molar refractivity (Wildman–Crippen MR) is 217 cm³/mol. The molecule has 0 aromatic heterocycles. The fraction of sp³-hybridized carbons (Fsp3) is 1.00. The zero-order chi connectivity index (χ0) is 39.4. The van der Waals surface area contributed by atoms with Crippen LogP contribution >= 0.6 is 0 Å². The van der Waals surface area contributed by atoms with Gasteiger partial charge in [0.1, 0.15) is 12.2 Å². The summed E-state index contributed by atoms with van der Waals surface area (Å²) in [6.45, 7) is 20.7. The topological polar surface area (TPSA) is 98.9 Å². The summed E-state index contributed by atoms with van der Waals surface area (Å²) in [5.74, 6) is 3.11. The molecule has 0 spiro atoms. The lowest BCUT2D eigenvalue weighted by atomic mass is 9.60. The zero-order valence-electron chi connectivity index (χ0n) is 36.4. The van der Waals surface area contributed by atoms with Gasteiger partial charge in [-0.05, 0) is 151 Å². The molecular formula is C46H82O10. The van der Waals surface area contributed by atoms with Gasteiger partial charge in [0.05, 0.1) is 90.5 Å². The maximum absolute atomic E-state index is 6.30. The first-order valence-electron chi connectivity index (χ1n) is 23.2. The van der Waals surface area contributed by atoms with E-state index in [1.54, 1.807) is 0 Å². The Bertz CT molecular complexity index is 980. The van der Waals surface area contributed by atoms with Crippen LogP contribution in [0.25, 0.3) is 0 Å². The standard InChI is InChI=1S/C46H82O10/c1-33(55-41-19-11-37(12-20-41)45(3,4)35-7-15-39(16-8-35)51-29-43-31-53-43)49-27-25-47-23-24-48-26-28-50-34(2)56-42-21-13-38(14-22-42)46(5,6)36-9-17-40(18-10-36)52-30-44-32-54-44/h33-44H,7-32H2,1-6H3. The molecule has 2 heterocycles. The summed E-state index contributed by atoms with van der Waals surface area (Å²) in [5.41, 5.74) is 0.746. The Labute approximate surface area is 340 Å². The highest BCUT2D eigenvalue weighted by Gasteiger charge is 2.43. The van der Waals surface area contributed by atoms with Crippen LogP contribution in [0.4, 0.5) is 0 Å². The molecule has 6 aliphatic rings. The van der Waals surface area contributed by atoms with Gasteiger partial charge < -0.3 is 47.4 Å². The molecule has 6 rings (SSSR count).